The molecule has 29 heavy (non-hydrogen) atoms. The van der Waals surface area contributed by atoms with Gasteiger partial charge in [0.15, 0.2) is 18.1 Å². The molecule has 0 aliphatic heterocycles. The monoisotopic (exact) mass is 528 g/mol. The first-order valence-electron chi connectivity index (χ1n) is 8.33. The van der Waals surface area contributed by atoms with Crippen molar-refractivity contribution >= 4 is 50.0 Å². The van der Waals surface area contributed by atoms with Gasteiger partial charge in [0.05, 0.1) is 30.0 Å². The summed E-state index contributed by atoms with van der Waals surface area (Å²) in [6.45, 7) is 1.65. The molecule has 0 radical (unpaired) electrons. The summed E-state index contributed by atoms with van der Waals surface area (Å²) in [4.78, 5) is 23.1. The van der Waals surface area contributed by atoms with Crippen LogP contribution in [0.4, 0.5) is 0 Å². The molecule has 0 aliphatic rings. The van der Waals surface area contributed by atoms with Gasteiger partial charge in [0.2, 0.25) is 0 Å². The minimum Gasteiger partial charge on any atom is -0.496 e. The number of carbonyl (C=O) groups excluding carboxylic acids is 1. The van der Waals surface area contributed by atoms with Crippen molar-refractivity contribution in [1.82, 2.24) is 5.43 Å². The summed E-state index contributed by atoms with van der Waals surface area (Å²) in [5.41, 5.74) is 3.37. The van der Waals surface area contributed by atoms with Crippen LogP contribution in [-0.2, 0) is 4.79 Å². The number of halogens is 2. The van der Waals surface area contributed by atoms with Crippen molar-refractivity contribution in [1.29, 1.82) is 0 Å². The second-order valence-corrected chi connectivity index (χ2v) is 7.26. The summed E-state index contributed by atoms with van der Waals surface area (Å²) in [5, 5.41) is 12.8. The highest BCUT2D eigenvalue weighted by Crippen LogP contribution is 2.36. The van der Waals surface area contributed by atoms with Crippen LogP contribution in [0.15, 0.2) is 44.4 Å². The predicted molar refractivity (Wildman–Crippen MR) is 114 cm³/mol. The van der Waals surface area contributed by atoms with Crippen LogP contribution in [0.5, 0.6) is 17.2 Å². The fraction of sp³-hybridized carbons (Fsp3) is 0.211. The zero-order valence-corrected chi connectivity index (χ0v) is 18.7. The number of carboxylic acids is 1. The quantitative estimate of drug-likeness (QED) is 0.377. The largest absolute Gasteiger partial charge is 0.496 e. The number of nitrogens with zero attached hydrogens (tertiary/aromatic N) is 1. The fourth-order valence-electron chi connectivity index (χ4n) is 2.28. The Morgan fingerprint density at radius 2 is 1.93 bits per heavy atom. The number of hydrazone groups is 1. The number of hydrogen-bond acceptors (Lipinski definition) is 6. The van der Waals surface area contributed by atoms with E-state index in [-0.39, 0.29) is 5.75 Å². The molecule has 0 unspecified atom stereocenters. The van der Waals surface area contributed by atoms with Gasteiger partial charge in [0.1, 0.15) is 5.75 Å². The summed E-state index contributed by atoms with van der Waals surface area (Å²) in [6, 6.07) is 8.35. The van der Waals surface area contributed by atoms with Gasteiger partial charge in [-0.3, -0.25) is 4.79 Å². The minimum absolute atomic E-state index is 0.273. The third-order valence-electron chi connectivity index (χ3n) is 3.46. The molecule has 2 aromatic rings. The third-order valence-corrected chi connectivity index (χ3v) is 4.54. The second kappa shape index (κ2) is 10.8. The van der Waals surface area contributed by atoms with Crippen LogP contribution in [0.3, 0.4) is 0 Å². The predicted octanol–water partition coefficient (Wildman–Crippen LogP) is 3.85. The van der Waals surface area contributed by atoms with E-state index in [1.54, 1.807) is 37.3 Å². The molecule has 2 rings (SSSR count). The van der Waals surface area contributed by atoms with Crippen LogP contribution in [0.2, 0.25) is 0 Å². The second-order valence-electron chi connectivity index (χ2n) is 5.49. The van der Waals surface area contributed by atoms with Gasteiger partial charge in [-0.15, -0.1) is 0 Å². The Kier molecular flexibility index (Phi) is 8.47. The molecule has 0 saturated carbocycles. The Bertz CT molecular complexity index is 933. The molecule has 1 amide bonds. The SMILES string of the molecule is CCOc1cc(/C=N\NC(=O)c2cc(Br)ccc2OC)cc(Br)c1OCC(=O)O. The maximum absolute atomic E-state index is 12.4. The van der Waals surface area contributed by atoms with Crippen molar-refractivity contribution in [2.24, 2.45) is 5.10 Å². The molecule has 0 aliphatic carbocycles. The van der Waals surface area contributed by atoms with E-state index in [4.69, 9.17) is 19.3 Å². The summed E-state index contributed by atoms with van der Waals surface area (Å²) >= 11 is 6.65. The van der Waals surface area contributed by atoms with Crippen LogP contribution >= 0.6 is 31.9 Å². The molecule has 8 nitrogen and oxygen atoms in total. The van der Waals surface area contributed by atoms with E-state index in [0.717, 1.165) is 4.47 Å². The molecule has 0 saturated heterocycles. The van der Waals surface area contributed by atoms with Crippen LogP contribution in [0.1, 0.15) is 22.8 Å². The molecular formula is C19H18Br2N2O6. The average Bonchev–Trinajstić information content (AvgIpc) is 2.67. The number of carbonyl (C=O) groups is 2. The number of carboxylic acid groups (broad SMARTS) is 1. The number of aliphatic carboxylic acids is 1. The van der Waals surface area contributed by atoms with E-state index >= 15 is 0 Å². The molecule has 0 fully saturated rings. The first-order chi connectivity index (χ1) is 13.8. The Morgan fingerprint density at radius 3 is 2.59 bits per heavy atom. The maximum atomic E-state index is 12.4. The van der Waals surface area contributed by atoms with Crippen molar-refractivity contribution in [3.63, 3.8) is 0 Å². The van der Waals surface area contributed by atoms with Crippen LogP contribution in [0.25, 0.3) is 0 Å². The van der Waals surface area contributed by atoms with Gasteiger partial charge in [-0.05, 0) is 58.7 Å². The molecule has 2 N–H and O–H groups in total. The zero-order chi connectivity index (χ0) is 21.4. The fourth-order valence-corrected chi connectivity index (χ4v) is 3.22. The van der Waals surface area contributed by atoms with Gasteiger partial charge in [-0.25, -0.2) is 10.2 Å². The highest BCUT2D eigenvalue weighted by Gasteiger charge is 2.14. The van der Waals surface area contributed by atoms with Crippen molar-refractivity contribution < 1.29 is 28.9 Å². The molecule has 10 heteroatoms. The van der Waals surface area contributed by atoms with Gasteiger partial charge in [-0.2, -0.15) is 5.10 Å². The standard InChI is InChI=1S/C19H18Br2N2O6/c1-3-28-16-7-11(6-14(21)18(16)29-10-17(24)25)9-22-23-19(26)13-8-12(20)4-5-15(13)27-2/h4-9H,3,10H2,1-2H3,(H,23,26)(H,24,25)/b22-9-. The van der Waals surface area contributed by atoms with Crippen molar-refractivity contribution in [2.75, 3.05) is 20.3 Å². The normalized spacial score (nSPS) is 10.6. The lowest BCUT2D eigenvalue weighted by molar-refractivity contribution is -0.139. The molecule has 2 aromatic carbocycles. The molecule has 0 bridgehead atoms. The zero-order valence-electron chi connectivity index (χ0n) is 15.6. The van der Waals surface area contributed by atoms with E-state index in [9.17, 15) is 9.59 Å². The number of nitrogens with one attached hydrogen (secondary N) is 1. The molecule has 0 heterocycles. The van der Waals surface area contributed by atoms with Crippen LogP contribution < -0.4 is 19.6 Å². The van der Waals surface area contributed by atoms with Gasteiger partial charge < -0.3 is 19.3 Å². The lowest BCUT2D eigenvalue weighted by Crippen LogP contribution is -2.18. The lowest BCUT2D eigenvalue weighted by Gasteiger charge is -2.13. The average molecular weight is 530 g/mol. The van der Waals surface area contributed by atoms with Gasteiger partial charge in [0.25, 0.3) is 5.91 Å². The van der Waals surface area contributed by atoms with E-state index < -0.39 is 18.5 Å². The summed E-state index contributed by atoms with van der Waals surface area (Å²) < 4.78 is 17.2. The number of amides is 1. The number of rotatable bonds is 9. The molecule has 0 aromatic heterocycles. The van der Waals surface area contributed by atoms with E-state index in [1.165, 1.54) is 13.3 Å². The Morgan fingerprint density at radius 1 is 1.17 bits per heavy atom. The molecule has 154 valence electrons. The van der Waals surface area contributed by atoms with Gasteiger partial charge in [-0.1, -0.05) is 15.9 Å². The number of methoxy groups -OCH3 is 1. The number of benzene rings is 2. The van der Waals surface area contributed by atoms with E-state index in [0.29, 0.717) is 33.7 Å². The molecule has 0 spiro atoms. The van der Waals surface area contributed by atoms with Crippen LogP contribution in [-0.4, -0.2) is 43.5 Å². The highest BCUT2D eigenvalue weighted by molar-refractivity contribution is 9.10. The smallest absolute Gasteiger partial charge is 0.341 e. The van der Waals surface area contributed by atoms with Crippen LogP contribution in [0, 0.1) is 0 Å². The lowest BCUT2D eigenvalue weighted by atomic mass is 10.2. The van der Waals surface area contributed by atoms with E-state index in [1.807, 2.05) is 0 Å². The summed E-state index contributed by atoms with van der Waals surface area (Å²) in [7, 11) is 1.48. The summed E-state index contributed by atoms with van der Waals surface area (Å²) in [5.74, 6) is -0.498. The number of hydrogen-bond donors (Lipinski definition) is 2. The Hall–Kier alpha value is -2.59. The highest BCUT2D eigenvalue weighted by atomic mass is 79.9. The van der Waals surface area contributed by atoms with Gasteiger partial charge >= 0.3 is 5.97 Å². The van der Waals surface area contributed by atoms with Crippen molar-refractivity contribution in [3.8, 4) is 17.2 Å². The Labute approximate surface area is 184 Å². The topological polar surface area (TPSA) is 106 Å². The third kappa shape index (κ3) is 6.47. The summed E-state index contributed by atoms with van der Waals surface area (Å²) in [6.07, 6.45) is 1.43. The van der Waals surface area contributed by atoms with Gasteiger partial charge in [0, 0.05) is 4.47 Å². The minimum atomic E-state index is -1.10. The van der Waals surface area contributed by atoms with Crippen molar-refractivity contribution in [2.45, 2.75) is 6.92 Å². The molecular weight excluding hydrogens is 512 g/mol. The van der Waals surface area contributed by atoms with E-state index in [2.05, 4.69) is 42.4 Å². The first-order valence-corrected chi connectivity index (χ1v) is 9.92. The first kappa shape index (κ1) is 22.7. The number of ether oxygens (including phenoxy) is 3. The molecule has 0 atom stereocenters. The Balaban J connectivity index is 2.18. The maximum Gasteiger partial charge on any atom is 0.341 e. The van der Waals surface area contributed by atoms with Crippen molar-refractivity contribution in [3.05, 3.63) is 50.4 Å².